The number of nitrogens with one attached hydrogen (secondary N) is 1. The highest BCUT2D eigenvalue weighted by Crippen LogP contribution is 2.43. The number of carbonyl (C=O) groups excluding carboxylic acids is 4. The van der Waals surface area contributed by atoms with Crippen LogP contribution in [0.4, 0.5) is 0 Å². The average Bonchev–Trinajstić information content (AvgIpc) is 3.71. The number of hydrogen-bond donors (Lipinski definition) is 2. The molecule has 284 valence electrons. The van der Waals surface area contributed by atoms with E-state index in [0.717, 1.165) is 42.1 Å². The molecule has 2 amide bonds. The molecule has 11 nitrogen and oxygen atoms in total. The molecule has 12 heteroatoms. The predicted octanol–water partition coefficient (Wildman–Crippen LogP) is 6.38. The zero-order chi connectivity index (χ0) is 37.2. The van der Waals surface area contributed by atoms with Crippen LogP contribution in [-0.4, -0.2) is 88.7 Å². The summed E-state index contributed by atoms with van der Waals surface area (Å²) in [5.74, 6) is -2.44. The fourth-order valence-corrected chi connectivity index (χ4v) is 7.61. The lowest BCUT2D eigenvalue weighted by Crippen LogP contribution is -2.51. The number of esters is 2. The van der Waals surface area contributed by atoms with Gasteiger partial charge in [0.05, 0.1) is 18.2 Å². The van der Waals surface area contributed by atoms with Crippen molar-refractivity contribution in [2.75, 3.05) is 13.2 Å². The smallest absolute Gasteiger partial charge is 0.338 e. The van der Waals surface area contributed by atoms with E-state index >= 15 is 0 Å². The Bertz CT molecular complexity index is 1380. The summed E-state index contributed by atoms with van der Waals surface area (Å²) in [7, 11) is 0. The van der Waals surface area contributed by atoms with Crippen molar-refractivity contribution >= 4 is 46.3 Å². The first kappa shape index (κ1) is 41.2. The molecule has 3 aliphatic rings. The van der Waals surface area contributed by atoms with E-state index in [1.165, 1.54) is 0 Å². The Morgan fingerprint density at radius 2 is 1.78 bits per heavy atom. The number of rotatable bonds is 17. The normalized spacial score (nSPS) is 23.3. The number of carbonyl (C=O) groups is 4. The van der Waals surface area contributed by atoms with Crippen LogP contribution >= 0.6 is 22.6 Å². The fourth-order valence-electron chi connectivity index (χ4n) is 7.07. The van der Waals surface area contributed by atoms with Gasteiger partial charge in [-0.3, -0.25) is 14.4 Å². The van der Waals surface area contributed by atoms with Crippen LogP contribution in [0.1, 0.15) is 128 Å². The van der Waals surface area contributed by atoms with Gasteiger partial charge in [0, 0.05) is 41.4 Å². The van der Waals surface area contributed by atoms with Crippen LogP contribution in [0.5, 0.6) is 0 Å². The quantitative estimate of drug-likeness (QED) is 0.104. The van der Waals surface area contributed by atoms with Gasteiger partial charge in [0.25, 0.3) is 0 Å². The number of halogens is 1. The lowest BCUT2D eigenvalue weighted by molar-refractivity contribution is -0.190. The maximum absolute atomic E-state index is 14.3. The first-order valence-corrected chi connectivity index (χ1v) is 19.8. The molecule has 51 heavy (non-hydrogen) atoms. The summed E-state index contributed by atoms with van der Waals surface area (Å²) in [6, 6.07) is 5.75. The van der Waals surface area contributed by atoms with Crippen molar-refractivity contribution in [3.8, 4) is 0 Å². The van der Waals surface area contributed by atoms with Crippen LogP contribution in [0.25, 0.3) is 0 Å². The molecule has 0 aromatic heterocycles. The molecule has 2 saturated heterocycles. The Hall–Kier alpha value is -2.55. The minimum Gasteiger partial charge on any atom is -0.460 e. The number of aliphatic hydroxyl groups excluding tert-OH is 1. The summed E-state index contributed by atoms with van der Waals surface area (Å²) >= 11 is 2.15. The molecular formula is C39H57IN2O9. The van der Waals surface area contributed by atoms with E-state index in [9.17, 15) is 24.3 Å². The summed E-state index contributed by atoms with van der Waals surface area (Å²) in [5.41, 5.74) is 0.201. The largest absolute Gasteiger partial charge is 0.460 e. The van der Waals surface area contributed by atoms with Gasteiger partial charge in [0.1, 0.15) is 30.0 Å². The molecule has 2 fully saturated rings. The number of ether oxygens (including phenoxy) is 4. The zero-order valence-corrected chi connectivity index (χ0v) is 33.1. The molecule has 1 aromatic carbocycles. The molecular weight excluding hydrogens is 767 g/mol. The minimum absolute atomic E-state index is 0.0359. The summed E-state index contributed by atoms with van der Waals surface area (Å²) in [6.45, 7) is 9.68. The number of fused-ring (bicyclic) bond motifs is 1. The lowest BCUT2D eigenvalue weighted by atomic mass is 9.91. The van der Waals surface area contributed by atoms with Gasteiger partial charge >= 0.3 is 11.9 Å². The van der Waals surface area contributed by atoms with Crippen molar-refractivity contribution in [1.29, 1.82) is 0 Å². The summed E-state index contributed by atoms with van der Waals surface area (Å²) in [5, 5.41) is 12.8. The molecule has 0 radical (unpaired) electrons. The van der Waals surface area contributed by atoms with Crippen LogP contribution in [0, 0.1) is 3.57 Å². The number of hydrogen-bond acceptors (Lipinski definition) is 9. The van der Waals surface area contributed by atoms with Crippen molar-refractivity contribution < 1.29 is 43.2 Å². The van der Waals surface area contributed by atoms with Crippen molar-refractivity contribution in [1.82, 2.24) is 10.2 Å². The highest BCUT2D eigenvalue weighted by atomic mass is 127. The van der Waals surface area contributed by atoms with Gasteiger partial charge in [-0.25, -0.2) is 4.79 Å². The van der Waals surface area contributed by atoms with E-state index in [1.54, 1.807) is 43.9 Å². The van der Waals surface area contributed by atoms with E-state index in [4.69, 9.17) is 18.9 Å². The van der Waals surface area contributed by atoms with Gasteiger partial charge in [0.2, 0.25) is 11.8 Å². The topological polar surface area (TPSA) is 141 Å². The number of aliphatic hydroxyl groups is 1. The second-order valence-electron chi connectivity index (χ2n) is 15.0. The molecule has 0 unspecified atom stereocenters. The van der Waals surface area contributed by atoms with E-state index < -0.39 is 53.7 Å². The van der Waals surface area contributed by atoms with Crippen molar-refractivity contribution in [2.45, 2.75) is 160 Å². The van der Waals surface area contributed by atoms with E-state index in [2.05, 4.69) is 41.8 Å². The van der Waals surface area contributed by atoms with E-state index in [-0.39, 0.29) is 37.7 Å². The van der Waals surface area contributed by atoms with Crippen molar-refractivity contribution in [3.63, 3.8) is 0 Å². The standard InChI is InChI=1S/C39H57IN2O9/c1-6-8-10-19-39(20-11-9-7-2)49-32-24-27(23-31(34(32)51-39)48-37(47)26-14-12-15-28(40)22-26)36(46)42-21-13-16-30(42)35(45)41-29(25-43)17-18-33(44)50-38(3,4)5/h12,14-15,22,24,29-32,34,43H,6-11,13,16-21,23,25H2,1-5H3,(H,41,45)/t29-,30+,31+,32+,34-/m0/s1. The Labute approximate surface area is 316 Å². The first-order chi connectivity index (χ1) is 24.3. The fraction of sp³-hybridized carbons (Fsp3) is 0.692. The molecule has 1 aliphatic carbocycles. The molecule has 2 aliphatic heterocycles. The Morgan fingerprint density at radius 1 is 1.08 bits per heavy atom. The molecule has 5 atom stereocenters. The van der Waals surface area contributed by atoms with E-state index in [1.807, 2.05) is 12.1 Å². The molecule has 0 spiro atoms. The van der Waals surface area contributed by atoms with Crippen LogP contribution in [0.3, 0.4) is 0 Å². The molecule has 4 rings (SSSR count). The number of benzene rings is 1. The number of unbranched alkanes of at least 4 members (excludes halogenated alkanes) is 4. The second-order valence-corrected chi connectivity index (χ2v) is 16.3. The summed E-state index contributed by atoms with van der Waals surface area (Å²) in [4.78, 5) is 55.1. The Morgan fingerprint density at radius 3 is 2.41 bits per heavy atom. The zero-order valence-electron chi connectivity index (χ0n) is 30.9. The summed E-state index contributed by atoms with van der Waals surface area (Å²) in [6.07, 6.45) is 8.79. The highest BCUT2D eigenvalue weighted by molar-refractivity contribution is 14.1. The monoisotopic (exact) mass is 824 g/mol. The third kappa shape index (κ3) is 11.7. The van der Waals surface area contributed by atoms with Gasteiger partial charge in [0.15, 0.2) is 5.79 Å². The van der Waals surface area contributed by atoms with Gasteiger partial charge in [-0.1, -0.05) is 45.6 Å². The third-order valence-corrected chi connectivity index (χ3v) is 10.3. The van der Waals surface area contributed by atoms with Crippen LogP contribution in [0.15, 0.2) is 35.9 Å². The van der Waals surface area contributed by atoms with Gasteiger partial charge < -0.3 is 34.3 Å². The Kier molecular flexibility index (Phi) is 15.3. The maximum Gasteiger partial charge on any atom is 0.338 e. The molecule has 0 bridgehead atoms. The molecule has 1 aromatic rings. The predicted molar refractivity (Wildman–Crippen MR) is 201 cm³/mol. The third-order valence-electron chi connectivity index (χ3n) is 9.59. The van der Waals surface area contributed by atoms with E-state index in [0.29, 0.717) is 43.4 Å². The number of amides is 2. The van der Waals surface area contributed by atoms with Crippen molar-refractivity contribution in [3.05, 3.63) is 45.0 Å². The van der Waals surface area contributed by atoms with Crippen molar-refractivity contribution in [2.24, 2.45) is 0 Å². The maximum atomic E-state index is 14.3. The molecule has 2 heterocycles. The first-order valence-electron chi connectivity index (χ1n) is 18.7. The Balaban J connectivity index is 1.53. The van der Waals surface area contributed by atoms with Crippen LogP contribution in [-0.2, 0) is 33.3 Å². The lowest BCUT2D eigenvalue weighted by Gasteiger charge is -2.33. The SMILES string of the molecule is CCCCCC1(CCCCC)O[C@@H]2[C@@H](C=C(C(=O)N3CCC[C@@H]3C(=O)N[C@H](CO)CCC(=O)OC(C)(C)C)C[C@H]2OC(=O)c2cccc(I)c2)O1. The second kappa shape index (κ2) is 19.0. The van der Waals surface area contributed by atoms with Gasteiger partial charge in [-0.15, -0.1) is 0 Å². The molecule has 2 N–H and O–H groups in total. The van der Waals surface area contributed by atoms with Gasteiger partial charge in [-0.2, -0.15) is 0 Å². The molecule has 0 saturated carbocycles. The highest BCUT2D eigenvalue weighted by Gasteiger charge is 2.53. The van der Waals surface area contributed by atoms with Gasteiger partial charge in [-0.05, 0) is 99.7 Å². The van der Waals surface area contributed by atoms with Crippen LogP contribution < -0.4 is 5.32 Å². The minimum atomic E-state index is -0.837. The number of nitrogens with zero attached hydrogens (tertiary/aromatic N) is 1. The number of likely N-dealkylation sites (tertiary alicyclic amines) is 1. The van der Waals surface area contributed by atoms with Crippen LogP contribution in [0.2, 0.25) is 0 Å². The summed E-state index contributed by atoms with van der Waals surface area (Å²) < 4.78 is 25.9. The average molecular weight is 825 g/mol.